The molecule has 0 aliphatic carbocycles. The third kappa shape index (κ3) is 2.29. The van der Waals surface area contributed by atoms with E-state index in [1.165, 1.54) is 11.1 Å². The van der Waals surface area contributed by atoms with E-state index in [0.29, 0.717) is 0 Å². The van der Waals surface area contributed by atoms with Gasteiger partial charge in [-0.15, -0.1) is 0 Å². The molecule has 2 heterocycles. The number of fused-ring (bicyclic) bond motifs is 1. The number of benzene rings is 1. The summed E-state index contributed by atoms with van der Waals surface area (Å²) in [6.45, 7) is 6.43. The van der Waals surface area contributed by atoms with Crippen molar-refractivity contribution in [3.63, 3.8) is 0 Å². The first-order chi connectivity index (χ1) is 9.58. The second-order valence-electron chi connectivity index (χ2n) is 5.85. The van der Waals surface area contributed by atoms with E-state index in [2.05, 4.69) is 43.2 Å². The minimum atomic E-state index is -0.245. The minimum Gasteiger partial charge on any atom is -0.486 e. The first-order valence-corrected chi connectivity index (χ1v) is 7.02. The van der Waals surface area contributed by atoms with Gasteiger partial charge in [-0.1, -0.05) is 18.2 Å². The van der Waals surface area contributed by atoms with Crippen LogP contribution < -0.4 is 10.1 Å². The summed E-state index contributed by atoms with van der Waals surface area (Å²) in [6, 6.07) is 12.8. The van der Waals surface area contributed by atoms with Crippen LogP contribution in [0.25, 0.3) is 0 Å². The lowest BCUT2D eigenvalue weighted by Gasteiger charge is -2.30. The second kappa shape index (κ2) is 4.91. The molecule has 0 amide bonds. The Balaban J connectivity index is 1.86. The van der Waals surface area contributed by atoms with E-state index in [1.54, 1.807) is 0 Å². The topological polar surface area (TPSA) is 34.1 Å². The summed E-state index contributed by atoms with van der Waals surface area (Å²) in [5.41, 5.74) is 2.23. The zero-order chi connectivity index (χ0) is 14.2. The highest BCUT2D eigenvalue weighted by molar-refractivity contribution is 5.42. The molecule has 104 valence electrons. The monoisotopic (exact) mass is 268 g/mol. The summed E-state index contributed by atoms with van der Waals surface area (Å²) < 4.78 is 6.07. The molecule has 20 heavy (non-hydrogen) atoms. The van der Waals surface area contributed by atoms with E-state index in [0.717, 1.165) is 5.75 Å². The van der Waals surface area contributed by atoms with Crippen molar-refractivity contribution in [2.45, 2.75) is 38.5 Å². The number of pyridine rings is 1. The standard InChI is InChI=1S/C17H20N2O/c1-12(13-8-10-18-11-9-13)19-16-14-6-4-5-7-15(14)20-17(16,2)3/h4-12,16,19H,1-3H3. The fourth-order valence-electron chi connectivity index (χ4n) is 2.82. The summed E-state index contributed by atoms with van der Waals surface area (Å²) in [5.74, 6) is 0.983. The number of aromatic nitrogens is 1. The van der Waals surface area contributed by atoms with Gasteiger partial charge in [0.25, 0.3) is 0 Å². The van der Waals surface area contributed by atoms with Crippen molar-refractivity contribution in [1.29, 1.82) is 0 Å². The SMILES string of the molecule is CC(NC1c2ccccc2OC1(C)C)c1ccncc1. The number of ether oxygens (including phenoxy) is 1. The highest BCUT2D eigenvalue weighted by atomic mass is 16.5. The lowest BCUT2D eigenvalue weighted by molar-refractivity contribution is 0.0919. The molecule has 2 aromatic rings. The van der Waals surface area contributed by atoms with Crippen molar-refractivity contribution in [3.05, 3.63) is 59.9 Å². The van der Waals surface area contributed by atoms with Crippen molar-refractivity contribution >= 4 is 0 Å². The molecule has 0 spiro atoms. The molecule has 0 bridgehead atoms. The van der Waals surface area contributed by atoms with Crippen LogP contribution >= 0.6 is 0 Å². The normalized spacial score (nSPS) is 21.1. The average Bonchev–Trinajstić information content (AvgIpc) is 2.70. The maximum absolute atomic E-state index is 6.07. The fraction of sp³-hybridized carbons (Fsp3) is 0.353. The molecule has 2 atom stereocenters. The lowest BCUT2D eigenvalue weighted by atomic mass is 9.93. The molecule has 0 saturated carbocycles. The van der Waals surface area contributed by atoms with Gasteiger partial charge in [0.2, 0.25) is 0 Å². The molecule has 3 heteroatoms. The van der Waals surface area contributed by atoms with E-state index in [4.69, 9.17) is 4.74 Å². The smallest absolute Gasteiger partial charge is 0.125 e. The summed E-state index contributed by atoms with van der Waals surface area (Å²) in [4.78, 5) is 4.07. The lowest BCUT2D eigenvalue weighted by Crippen LogP contribution is -2.40. The van der Waals surface area contributed by atoms with Crippen LogP contribution in [0.1, 0.15) is 44.0 Å². The maximum atomic E-state index is 6.07. The Morgan fingerprint density at radius 1 is 1.15 bits per heavy atom. The van der Waals surface area contributed by atoms with Crippen LogP contribution in [-0.2, 0) is 0 Å². The minimum absolute atomic E-state index is 0.182. The van der Waals surface area contributed by atoms with Crippen molar-refractivity contribution in [2.75, 3.05) is 0 Å². The average molecular weight is 268 g/mol. The predicted octanol–water partition coefficient (Wildman–Crippen LogP) is 3.64. The van der Waals surface area contributed by atoms with Gasteiger partial charge < -0.3 is 4.74 Å². The van der Waals surface area contributed by atoms with Gasteiger partial charge >= 0.3 is 0 Å². The molecule has 0 fully saturated rings. The van der Waals surface area contributed by atoms with Crippen molar-refractivity contribution < 1.29 is 4.74 Å². The van der Waals surface area contributed by atoms with Crippen LogP contribution in [0.2, 0.25) is 0 Å². The Labute approximate surface area is 120 Å². The molecule has 1 aliphatic heterocycles. The van der Waals surface area contributed by atoms with Crippen molar-refractivity contribution in [2.24, 2.45) is 0 Å². The maximum Gasteiger partial charge on any atom is 0.125 e. The fourth-order valence-corrected chi connectivity index (χ4v) is 2.82. The molecule has 1 aromatic carbocycles. The zero-order valence-electron chi connectivity index (χ0n) is 12.1. The number of rotatable bonds is 3. The van der Waals surface area contributed by atoms with E-state index >= 15 is 0 Å². The van der Waals surface area contributed by atoms with Gasteiger partial charge in [-0.3, -0.25) is 10.3 Å². The first kappa shape index (κ1) is 13.1. The Morgan fingerprint density at radius 3 is 2.60 bits per heavy atom. The van der Waals surface area contributed by atoms with Gasteiger partial charge in [0.1, 0.15) is 11.4 Å². The highest BCUT2D eigenvalue weighted by Crippen LogP contribution is 2.43. The summed E-state index contributed by atoms with van der Waals surface area (Å²) in [6.07, 6.45) is 3.66. The van der Waals surface area contributed by atoms with Crippen LogP contribution in [0.4, 0.5) is 0 Å². The third-order valence-corrected chi connectivity index (χ3v) is 3.92. The first-order valence-electron chi connectivity index (χ1n) is 7.02. The highest BCUT2D eigenvalue weighted by Gasteiger charge is 2.41. The molecule has 0 radical (unpaired) electrons. The van der Waals surface area contributed by atoms with E-state index < -0.39 is 0 Å². The van der Waals surface area contributed by atoms with Crippen LogP contribution in [0.5, 0.6) is 5.75 Å². The second-order valence-corrected chi connectivity index (χ2v) is 5.85. The van der Waals surface area contributed by atoms with Crippen LogP contribution in [-0.4, -0.2) is 10.6 Å². The quantitative estimate of drug-likeness (QED) is 0.922. The molecule has 2 unspecified atom stereocenters. The van der Waals surface area contributed by atoms with Crippen LogP contribution in [0.15, 0.2) is 48.8 Å². The van der Waals surface area contributed by atoms with Gasteiger partial charge in [0, 0.05) is 24.0 Å². The number of para-hydroxylation sites is 1. The molecule has 1 N–H and O–H groups in total. The van der Waals surface area contributed by atoms with Gasteiger partial charge in [0.15, 0.2) is 0 Å². The summed E-state index contributed by atoms with van der Waals surface area (Å²) >= 11 is 0. The summed E-state index contributed by atoms with van der Waals surface area (Å²) in [7, 11) is 0. The Hall–Kier alpha value is -1.87. The zero-order valence-corrected chi connectivity index (χ0v) is 12.1. The number of hydrogen-bond acceptors (Lipinski definition) is 3. The van der Waals surface area contributed by atoms with E-state index in [1.807, 2.05) is 36.7 Å². The van der Waals surface area contributed by atoms with Crippen LogP contribution in [0, 0.1) is 0 Å². The number of nitrogens with one attached hydrogen (secondary N) is 1. The predicted molar refractivity (Wildman–Crippen MR) is 79.7 cm³/mol. The molecular weight excluding hydrogens is 248 g/mol. The van der Waals surface area contributed by atoms with Crippen molar-refractivity contribution in [1.82, 2.24) is 10.3 Å². The van der Waals surface area contributed by atoms with Crippen molar-refractivity contribution in [3.8, 4) is 5.75 Å². The largest absolute Gasteiger partial charge is 0.486 e. The molecule has 3 rings (SSSR count). The number of hydrogen-bond donors (Lipinski definition) is 1. The van der Waals surface area contributed by atoms with Gasteiger partial charge in [-0.25, -0.2) is 0 Å². The van der Waals surface area contributed by atoms with E-state index in [-0.39, 0.29) is 17.7 Å². The van der Waals surface area contributed by atoms with Gasteiger partial charge in [-0.2, -0.15) is 0 Å². The van der Waals surface area contributed by atoms with Gasteiger partial charge in [0.05, 0.1) is 6.04 Å². The summed E-state index contributed by atoms with van der Waals surface area (Å²) in [5, 5.41) is 3.69. The number of nitrogens with zero attached hydrogens (tertiary/aromatic N) is 1. The Bertz CT molecular complexity index is 595. The third-order valence-electron chi connectivity index (χ3n) is 3.92. The molecular formula is C17H20N2O. The van der Waals surface area contributed by atoms with E-state index in [9.17, 15) is 0 Å². The Morgan fingerprint density at radius 2 is 1.85 bits per heavy atom. The van der Waals surface area contributed by atoms with Gasteiger partial charge in [-0.05, 0) is 44.5 Å². The molecule has 3 nitrogen and oxygen atoms in total. The molecule has 1 aromatic heterocycles. The molecule has 0 saturated heterocycles. The van der Waals surface area contributed by atoms with Crippen LogP contribution in [0.3, 0.4) is 0 Å². The molecule has 1 aliphatic rings. The Kier molecular flexibility index (Phi) is 3.22.